The number of fused-ring (bicyclic) bond motifs is 1. The van der Waals surface area contributed by atoms with Gasteiger partial charge in [0.25, 0.3) is 0 Å². The van der Waals surface area contributed by atoms with E-state index >= 15 is 0 Å². The van der Waals surface area contributed by atoms with Gasteiger partial charge in [-0.1, -0.05) is 59.5 Å². The fraction of sp³-hybridized carbons (Fsp3) is 0.188. The van der Waals surface area contributed by atoms with Crippen LogP contribution in [-0.2, 0) is 4.79 Å². The molecule has 1 atom stereocenters. The van der Waals surface area contributed by atoms with Crippen LogP contribution in [0.5, 0.6) is 0 Å². The molecule has 0 unspecified atom stereocenters. The van der Waals surface area contributed by atoms with Crippen molar-refractivity contribution in [3.8, 4) is 0 Å². The van der Waals surface area contributed by atoms with Crippen LogP contribution in [0, 0.1) is 6.92 Å². The number of hydrogen-bond acceptors (Lipinski definition) is 5. The third-order valence-corrected chi connectivity index (χ3v) is 5.22. The van der Waals surface area contributed by atoms with E-state index in [-0.39, 0.29) is 11.2 Å². The summed E-state index contributed by atoms with van der Waals surface area (Å²) in [7, 11) is 0. The summed E-state index contributed by atoms with van der Waals surface area (Å²) >= 11 is 2.93. The van der Waals surface area contributed by atoms with E-state index in [0.29, 0.717) is 0 Å². The molecule has 112 valence electrons. The molecule has 2 aromatic carbocycles. The first-order valence-electron chi connectivity index (χ1n) is 6.89. The van der Waals surface area contributed by atoms with Gasteiger partial charge in [0, 0.05) is 11.1 Å². The van der Waals surface area contributed by atoms with E-state index in [1.807, 2.05) is 56.3 Å². The number of carbonyl (C=O) groups is 1. The lowest BCUT2D eigenvalue weighted by molar-refractivity contribution is -0.115. The molecule has 0 spiro atoms. The molecule has 0 saturated carbocycles. The fourth-order valence-electron chi connectivity index (χ4n) is 2.10. The van der Waals surface area contributed by atoms with Gasteiger partial charge >= 0.3 is 0 Å². The summed E-state index contributed by atoms with van der Waals surface area (Å²) in [5, 5.41) is 13.9. The van der Waals surface area contributed by atoms with Gasteiger partial charge in [0.2, 0.25) is 5.91 Å². The summed E-state index contributed by atoms with van der Waals surface area (Å²) in [5.74, 6) is -0.0331. The summed E-state index contributed by atoms with van der Waals surface area (Å²) in [6, 6.07) is 13.9. The molecule has 1 N–H and O–H groups in total. The lowest BCUT2D eigenvalue weighted by Gasteiger charge is -2.12. The first kappa shape index (κ1) is 15.0. The predicted octanol–water partition coefficient (Wildman–Crippen LogP) is 4.12. The van der Waals surface area contributed by atoms with Crippen LogP contribution in [0.1, 0.15) is 11.9 Å². The Morgan fingerprint density at radius 3 is 2.73 bits per heavy atom. The maximum absolute atomic E-state index is 12.4. The molecule has 0 fully saturated rings. The van der Waals surface area contributed by atoms with Crippen molar-refractivity contribution in [3.05, 3.63) is 47.5 Å². The molecule has 4 nitrogen and oxygen atoms in total. The minimum atomic E-state index is -0.230. The smallest absolute Gasteiger partial charge is 0.237 e. The van der Waals surface area contributed by atoms with Crippen molar-refractivity contribution >= 4 is 45.5 Å². The predicted molar refractivity (Wildman–Crippen MR) is 92.5 cm³/mol. The molecule has 0 saturated heterocycles. The molecule has 0 aliphatic rings. The van der Waals surface area contributed by atoms with Crippen LogP contribution >= 0.6 is 23.1 Å². The minimum Gasteiger partial charge on any atom is -0.325 e. The molecule has 1 heterocycles. The van der Waals surface area contributed by atoms with E-state index < -0.39 is 0 Å². The van der Waals surface area contributed by atoms with Crippen LogP contribution in [0.15, 0.2) is 46.8 Å². The Labute approximate surface area is 137 Å². The Hall–Kier alpha value is -1.92. The summed E-state index contributed by atoms with van der Waals surface area (Å²) < 4.78 is 0.818. The molecule has 6 heteroatoms. The van der Waals surface area contributed by atoms with Crippen molar-refractivity contribution < 1.29 is 4.79 Å². The third-order valence-electron chi connectivity index (χ3n) is 3.20. The van der Waals surface area contributed by atoms with E-state index in [4.69, 9.17) is 0 Å². The standard InChI is InChI=1S/C16H15N3OS2/c1-10(21-16-19-18-11(2)22-16)15(20)17-14-9-5-7-12-6-3-4-8-13(12)14/h3-10H,1-2H3,(H,17,20)/t10-/m0/s1. The van der Waals surface area contributed by atoms with Gasteiger partial charge in [0.1, 0.15) is 5.01 Å². The number of carbonyl (C=O) groups excluding carboxylic acids is 1. The van der Waals surface area contributed by atoms with E-state index in [9.17, 15) is 4.79 Å². The maximum Gasteiger partial charge on any atom is 0.237 e. The first-order chi connectivity index (χ1) is 10.6. The summed E-state index contributed by atoms with van der Waals surface area (Å²) in [6.07, 6.45) is 0. The van der Waals surface area contributed by atoms with Gasteiger partial charge in [-0.25, -0.2) is 0 Å². The Morgan fingerprint density at radius 1 is 1.18 bits per heavy atom. The average molecular weight is 329 g/mol. The van der Waals surface area contributed by atoms with Crippen molar-refractivity contribution in [2.75, 3.05) is 5.32 Å². The zero-order chi connectivity index (χ0) is 15.5. The summed E-state index contributed by atoms with van der Waals surface area (Å²) in [4.78, 5) is 12.4. The van der Waals surface area contributed by atoms with Crippen molar-refractivity contribution in [2.24, 2.45) is 0 Å². The van der Waals surface area contributed by atoms with E-state index in [1.54, 1.807) is 0 Å². The lowest BCUT2D eigenvalue weighted by atomic mass is 10.1. The summed E-state index contributed by atoms with van der Waals surface area (Å²) in [5.41, 5.74) is 0.837. The largest absolute Gasteiger partial charge is 0.325 e. The highest BCUT2D eigenvalue weighted by Gasteiger charge is 2.17. The van der Waals surface area contributed by atoms with Gasteiger partial charge in [-0.15, -0.1) is 10.2 Å². The number of rotatable bonds is 4. The monoisotopic (exact) mass is 329 g/mol. The molecule has 22 heavy (non-hydrogen) atoms. The molecular formula is C16H15N3OS2. The van der Waals surface area contributed by atoms with Gasteiger partial charge in [0.15, 0.2) is 4.34 Å². The van der Waals surface area contributed by atoms with E-state index in [2.05, 4.69) is 15.5 Å². The number of nitrogens with one attached hydrogen (secondary N) is 1. The normalized spacial score (nSPS) is 12.3. The molecule has 3 rings (SSSR count). The number of aryl methyl sites for hydroxylation is 1. The second kappa shape index (κ2) is 6.46. The van der Waals surface area contributed by atoms with Crippen molar-refractivity contribution in [2.45, 2.75) is 23.4 Å². The Kier molecular flexibility index (Phi) is 4.40. The SMILES string of the molecule is Cc1nnc(S[C@@H](C)C(=O)Nc2cccc3ccccc23)s1. The van der Waals surface area contributed by atoms with Crippen molar-refractivity contribution in [1.29, 1.82) is 0 Å². The van der Waals surface area contributed by atoms with Crippen molar-refractivity contribution in [1.82, 2.24) is 10.2 Å². The topological polar surface area (TPSA) is 54.9 Å². The molecule has 0 radical (unpaired) electrons. The molecule has 0 bridgehead atoms. The van der Waals surface area contributed by atoms with Gasteiger partial charge in [-0.3, -0.25) is 4.79 Å². The maximum atomic E-state index is 12.4. The highest BCUT2D eigenvalue weighted by molar-refractivity contribution is 8.02. The molecule has 0 aliphatic carbocycles. The first-order valence-corrected chi connectivity index (χ1v) is 8.58. The molecular weight excluding hydrogens is 314 g/mol. The summed E-state index contributed by atoms with van der Waals surface area (Å²) in [6.45, 7) is 3.78. The van der Waals surface area contributed by atoms with Gasteiger partial charge < -0.3 is 5.32 Å². The lowest BCUT2D eigenvalue weighted by Crippen LogP contribution is -2.22. The van der Waals surface area contributed by atoms with Crippen LogP contribution in [0.4, 0.5) is 5.69 Å². The van der Waals surface area contributed by atoms with Gasteiger partial charge in [-0.05, 0) is 25.3 Å². The van der Waals surface area contributed by atoms with Gasteiger partial charge in [0.05, 0.1) is 5.25 Å². The molecule has 1 aromatic heterocycles. The number of benzene rings is 2. The number of hydrogen-bond donors (Lipinski definition) is 1. The van der Waals surface area contributed by atoms with E-state index in [1.165, 1.54) is 23.1 Å². The van der Waals surface area contributed by atoms with E-state index in [0.717, 1.165) is 25.8 Å². The van der Waals surface area contributed by atoms with Crippen LogP contribution in [-0.4, -0.2) is 21.4 Å². The number of amides is 1. The van der Waals surface area contributed by atoms with Gasteiger partial charge in [-0.2, -0.15) is 0 Å². The van der Waals surface area contributed by atoms with Crippen LogP contribution in [0.2, 0.25) is 0 Å². The van der Waals surface area contributed by atoms with Crippen LogP contribution < -0.4 is 5.32 Å². The zero-order valence-corrected chi connectivity index (χ0v) is 13.9. The Balaban J connectivity index is 1.75. The number of thioether (sulfide) groups is 1. The fourth-order valence-corrected chi connectivity index (χ4v) is 4.06. The zero-order valence-electron chi connectivity index (χ0n) is 12.2. The number of nitrogens with zero attached hydrogens (tertiary/aromatic N) is 2. The van der Waals surface area contributed by atoms with Crippen LogP contribution in [0.3, 0.4) is 0 Å². The number of aromatic nitrogens is 2. The Morgan fingerprint density at radius 2 is 1.95 bits per heavy atom. The molecule has 1 amide bonds. The highest BCUT2D eigenvalue weighted by Crippen LogP contribution is 2.28. The third kappa shape index (κ3) is 3.28. The number of anilines is 1. The highest BCUT2D eigenvalue weighted by atomic mass is 32.2. The Bertz CT molecular complexity index is 811. The quantitative estimate of drug-likeness (QED) is 0.732. The minimum absolute atomic E-state index is 0.0331. The van der Waals surface area contributed by atoms with Crippen molar-refractivity contribution in [3.63, 3.8) is 0 Å². The second-order valence-corrected chi connectivity index (χ2v) is 7.63. The average Bonchev–Trinajstić information content (AvgIpc) is 2.92. The second-order valence-electron chi connectivity index (χ2n) is 4.86. The van der Waals surface area contributed by atoms with Crippen LogP contribution in [0.25, 0.3) is 10.8 Å². The molecule has 0 aliphatic heterocycles. The molecule has 3 aromatic rings.